The van der Waals surface area contributed by atoms with Gasteiger partial charge in [-0.15, -0.1) is 0 Å². The van der Waals surface area contributed by atoms with Crippen molar-refractivity contribution in [3.05, 3.63) is 163 Å². The van der Waals surface area contributed by atoms with Crippen molar-refractivity contribution in [1.82, 2.24) is 19.9 Å². The summed E-state index contributed by atoms with van der Waals surface area (Å²) in [5.41, 5.74) is 9.38. The van der Waals surface area contributed by atoms with Crippen LogP contribution < -0.4 is 5.46 Å². The molecule has 2 aromatic heterocycles. The van der Waals surface area contributed by atoms with E-state index in [0.29, 0.717) is 17.5 Å². The van der Waals surface area contributed by atoms with E-state index >= 15 is 0 Å². The largest absolute Gasteiger partial charge is 0.494 e. The van der Waals surface area contributed by atoms with Crippen molar-refractivity contribution in [2.24, 2.45) is 0 Å². The van der Waals surface area contributed by atoms with Crippen molar-refractivity contribution < 1.29 is 9.31 Å². The van der Waals surface area contributed by atoms with Crippen LogP contribution in [0.3, 0.4) is 0 Å². The first-order valence-electron chi connectivity index (χ1n) is 18.3. The molecule has 0 atom stereocenters. The standard InChI is InChI=1S/C47H41BN4O2/c1-31(22-23-33-24-25-35-26-27-41(49-42(35)32(33)2)34-16-10-7-11-17-34)38-28-39(30-40(29-38)48-53-46(3,4)47(5,6)54-48)45-51-43(36-18-12-8-13-19-36)50-44(52-45)37-20-14-9-15-21-37/h7-30H,1H2,2-6H3/b23-22-. The predicted octanol–water partition coefficient (Wildman–Crippen LogP) is 10.4. The van der Waals surface area contributed by atoms with E-state index in [1.165, 1.54) is 0 Å². The van der Waals surface area contributed by atoms with Gasteiger partial charge in [0, 0.05) is 27.6 Å². The first-order chi connectivity index (χ1) is 26.0. The average molecular weight is 705 g/mol. The van der Waals surface area contributed by atoms with E-state index in [1.54, 1.807) is 0 Å². The van der Waals surface area contributed by atoms with Crippen molar-refractivity contribution in [3.8, 4) is 45.4 Å². The summed E-state index contributed by atoms with van der Waals surface area (Å²) in [5.74, 6) is 1.73. The number of aryl methyl sites for hydroxylation is 1. The number of fused-ring (bicyclic) bond motifs is 1. The van der Waals surface area contributed by atoms with E-state index in [-0.39, 0.29) is 0 Å². The smallest absolute Gasteiger partial charge is 0.399 e. The maximum Gasteiger partial charge on any atom is 0.494 e. The molecule has 0 bridgehead atoms. The molecular formula is C47H41BN4O2. The summed E-state index contributed by atoms with van der Waals surface area (Å²) in [6.45, 7) is 14.9. The fourth-order valence-corrected chi connectivity index (χ4v) is 6.60. The zero-order chi connectivity index (χ0) is 37.5. The zero-order valence-electron chi connectivity index (χ0n) is 31.2. The highest BCUT2D eigenvalue weighted by atomic mass is 16.7. The van der Waals surface area contributed by atoms with Crippen LogP contribution in [0.4, 0.5) is 0 Å². The molecule has 1 fully saturated rings. The summed E-state index contributed by atoms with van der Waals surface area (Å²) in [4.78, 5) is 20.0. The maximum atomic E-state index is 6.56. The SMILES string of the molecule is C=C(/C=C\c1ccc2ccc(-c3ccccc3)nc2c1C)c1cc(B2OC(C)(C)C(C)(C)O2)cc(-c2nc(-c3ccccc3)nc(-c3ccccc3)n2)c1. The van der Waals surface area contributed by atoms with Gasteiger partial charge in [-0.3, -0.25) is 0 Å². The Morgan fingerprint density at radius 2 is 1.11 bits per heavy atom. The first kappa shape index (κ1) is 35.0. The minimum atomic E-state index is -0.595. The molecule has 7 aromatic rings. The lowest BCUT2D eigenvalue weighted by Crippen LogP contribution is -2.41. The van der Waals surface area contributed by atoms with Crippen LogP contribution >= 0.6 is 0 Å². The van der Waals surface area contributed by atoms with Crippen LogP contribution in [0.1, 0.15) is 44.4 Å². The molecule has 3 heterocycles. The number of nitrogens with zero attached hydrogens (tertiary/aromatic N) is 4. The molecule has 6 nitrogen and oxygen atoms in total. The van der Waals surface area contributed by atoms with Gasteiger partial charge in [0.2, 0.25) is 0 Å². The van der Waals surface area contributed by atoms with Gasteiger partial charge in [-0.05, 0) is 74.5 Å². The zero-order valence-corrected chi connectivity index (χ0v) is 31.2. The molecule has 1 aliphatic rings. The topological polar surface area (TPSA) is 70.0 Å². The van der Waals surface area contributed by atoms with Crippen LogP contribution in [-0.2, 0) is 9.31 Å². The maximum absolute atomic E-state index is 6.56. The van der Waals surface area contributed by atoms with Crippen LogP contribution in [0.15, 0.2) is 146 Å². The highest BCUT2D eigenvalue weighted by Crippen LogP contribution is 2.37. The van der Waals surface area contributed by atoms with Gasteiger partial charge < -0.3 is 9.31 Å². The normalized spacial score (nSPS) is 14.9. The van der Waals surface area contributed by atoms with Crippen molar-refractivity contribution in [2.45, 2.75) is 45.8 Å². The Bertz CT molecular complexity index is 2460. The van der Waals surface area contributed by atoms with E-state index in [4.69, 9.17) is 29.2 Å². The van der Waals surface area contributed by atoms with Gasteiger partial charge in [-0.1, -0.05) is 140 Å². The second-order valence-electron chi connectivity index (χ2n) is 14.7. The molecule has 0 N–H and O–H groups in total. The molecule has 0 unspecified atom stereocenters. The van der Waals surface area contributed by atoms with Crippen molar-refractivity contribution in [3.63, 3.8) is 0 Å². The van der Waals surface area contributed by atoms with Crippen LogP contribution in [0.5, 0.6) is 0 Å². The minimum absolute atomic E-state index is 0.513. The molecule has 7 heteroatoms. The molecule has 54 heavy (non-hydrogen) atoms. The third-order valence-corrected chi connectivity index (χ3v) is 10.5. The van der Waals surface area contributed by atoms with Gasteiger partial charge in [-0.25, -0.2) is 19.9 Å². The van der Waals surface area contributed by atoms with Gasteiger partial charge in [0.15, 0.2) is 17.5 Å². The van der Waals surface area contributed by atoms with Crippen molar-refractivity contribution >= 4 is 35.1 Å². The van der Waals surface area contributed by atoms with Gasteiger partial charge in [0.1, 0.15) is 0 Å². The Morgan fingerprint density at radius 3 is 1.69 bits per heavy atom. The molecule has 5 aromatic carbocycles. The Kier molecular flexibility index (Phi) is 9.14. The summed E-state index contributed by atoms with van der Waals surface area (Å²) in [7, 11) is -0.595. The first-order valence-corrected chi connectivity index (χ1v) is 18.3. The number of rotatable bonds is 8. The summed E-state index contributed by atoms with van der Waals surface area (Å²) >= 11 is 0. The van der Waals surface area contributed by atoms with Gasteiger partial charge >= 0.3 is 7.12 Å². The second-order valence-corrected chi connectivity index (χ2v) is 14.7. The molecule has 1 saturated heterocycles. The Labute approximate surface area is 317 Å². The molecule has 0 saturated carbocycles. The quantitative estimate of drug-likeness (QED) is 0.116. The van der Waals surface area contributed by atoms with Crippen LogP contribution in [0.25, 0.3) is 68.0 Å². The monoisotopic (exact) mass is 704 g/mol. The fourth-order valence-electron chi connectivity index (χ4n) is 6.60. The summed E-state index contributed by atoms with van der Waals surface area (Å²) in [6.07, 6.45) is 4.17. The highest BCUT2D eigenvalue weighted by molar-refractivity contribution is 6.62. The molecule has 0 spiro atoms. The van der Waals surface area contributed by atoms with Crippen LogP contribution in [-0.4, -0.2) is 38.3 Å². The van der Waals surface area contributed by atoms with Gasteiger partial charge in [0.05, 0.1) is 22.4 Å². The molecule has 0 amide bonds. The van der Waals surface area contributed by atoms with E-state index < -0.39 is 18.3 Å². The van der Waals surface area contributed by atoms with Crippen LogP contribution in [0.2, 0.25) is 0 Å². The Morgan fingerprint density at radius 1 is 0.593 bits per heavy atom. The molecule has 8 rings (SSSR count). The number of aromatic nitrogens is 4. The summed E-state index contributed by atoms with van der Waals surface area (Å²) < 4.78 is 13.1. The molecule has 0 radical (unpaired) electrons. The van der Waals surface area contributed by atoms with E-state index in [2.05, 4.69) is 108 Å². The van der Waals surface area contributed by atoms with Crippen molar-refractivity contribution in [1.29, 1.82) is 0 Å². The summed E-state index contributed by atoms with van der Waals surface area (Å²) in [5, 5.41) is 1.10. The van der Waals surface area contributed by atoms with E-state index in [1.807, 2.05) is 78.9 Å². The second kappa shape index (κ2) is 14.1. The average Bonchev–Trinajstić information content (AvgIpc) is 3.43. The number of allylic oxidation sites excluding steroid dienone is 2. The number of pyridine rings is 1. The van der Waals surface area contributed by atoms with Gasteiger partial charge in [-0.2, -0.15) is 0 Å². The third kappa shape index (κ3) is 6.92. The predicted molar refractivity (Wildman–Crippen MR) is 222 cm³/mol. The lowest BCUT2D eigenvalue weighted by molar-refractivity contribution is 0.00578. The summed E-state index contributed by atoms with van der Waals surface area (Å²) in [6, 6.07) is 45.0. The van der Waals surface area contributed by atoms with E-state index in [9.17, 15) is 0 Å². The number of hydrogen-bond acceptors (Lipinski definition) is 6. The van der Waals surface area contributed by atoms with Crippen LogP contribution in [0, 0.1) is 6.92 Å². The number of hydrogen-bond donors (Lipinski definition) is 0. The van der Waals surface area contributed by atoms with Gasteiger partial charge in [0.25, 0.3) is 0 Å². The third-order valence-electron chi connectivity index (χ3n) is 10.5. The Hall–Kier alpha value is -6.02. The minimum Gasteiger partial charge on any atom is -0.399 e. The lowest BCUT2D eigenvalue weighted by Gasteiger charge is -2.32. The highest BCUT2D eigenvalue weighted by Gasteiger charge is 2.51. The van der Waals surface area contributed by atoms with E-state index in [0.717, 1.165) is 66.6 Å². The fraction of sp³-hybridized carbons (Fsp3) is 0.149. The molecule has 0 aliphatic carbocycles. The molecule has 1 aliphatic heterocycles. The number of benzene rings is 5. The molecular weight excluding hydrogens is 663 g/mol. The molecule has 264 valence electrons. The lowest BCUT2D eigenvalue weighted by atomic mass is 9.77. The Balaban J connectivity index is 1.21. The van der Waals surface area contributed by atoms with Crippen molar-refractivity contribution in [2.75, 3.05) is 0 Å².